The number of rotatable bonds is 42. The Morgan fingerprint density at radius 2 is 0.645 bits per heavy atom. The molecule has 0 spiro atoms. The van der Waals surface area contributed by atoms with Gasteiger partial charge in [0.25, 0.3) is 0 Å². The van der Waals surface area contributed by atoms with E-state index in [0.29, 0.717) is 19.3 Å². The molecular formula is C56H88O6. The molecule has 0 radical (unpaired) electrons. The Kier molecular flexibility index (Phi) is 46.1. The SMILES string of the molecule is CC/C=C/C=C/C=C/C=C/C=C/CCCC(=O)OC(COC(=O)CCCCCCC/C=C/C=C/C=C/CC)COC(=O)CCCCCCC/C=C/C=C/CCCCCCCCC. The molecule has 0 aromatic carbocycles. The van der Waals surface area contributed by atoms with Gasteiger partial charge in [-0.1, -0.05) is 219 Å². The van der Waals surface area contributed by atoms with Crippen LogP contribution in [0.25, 0.3) is 0 Å². The summed E-state index contributed by atoms with van der Waals surface area (Å²) in [5.41, 5.74) is 0. The van der Waals surface area contributed by atoms with E-state index in [1.807, 2.05) is 60.8 Å². The lowest BCUT2D eigenvalue weighted by Gasteiger charge is -2.18. The van der Waals surface area contributed by atoms with Gasteiger partial charge in [-0.15, -0.1) is 0 Å². The molecule has 0 amide bonds. The van der Waals surface area contributed by atoms with Crippen molar-refractivity contribution in [2.45, 2.75) is 200 Å². The van der Waals surface area contributed by atoms with Crippen molar-refractivity contribution in [3.8, 4) is 0 Å². The van der Waals surface area contributed by atoms with E-state index >= 15 is 0 Å². The molecular weight excluding hydrogens is 769 g/mol. The zero-order valence-corrected chi connectivity index (χ0v) is 39.6. The van der Waals surface area contributed by atoms with Gasteiger partial charge in [-0.2, -0.15) is 0 Å². The monoisotopic (exact) mass is 857 g/mol. The summed E-state index contributed by atoms with van der Waals surface area (Å²) in [6.07, 6.45) is 67.6. The molecule has 0 bridgehead atoms. The molecule has 0 fully saturated rings. The van der Waals surface area contributed by atoms with Crippen molar-refractivity contribution < 1.29 is 28.6 Å². The zero-order chi connectivity index (χ0) is 45.1. The van der Waals surface area contributed by atoms with E-state index in [1.165, 1.54) is 51.4 Å². The molecule has 6 nitrogen and oxygen atoms in total. The van der Waals surface area contributed by atoms with Gasteiger partial charge < -0.3 is 14.2 Å². The third kappa shape index (κ3) is 46.9. The van der Waals surface area contributed by atoms with Crippen molar-refractivity contribution in [3.05, 3.63) is 122 Å². The van der Waals surface area contributed by atoms with Gasteiger partial charge in [0.05, 0.1) is 0 Å². The van der Waals surface area contributed by atoms with Crippen LogP contribution in [-0.4, -0.2) is 37.2 Å². The van der Waals surface area contributed by atoms with Gasteiger partial charge in [0.15, 0.2) is 6.10 Å². The van der Waals surface area contributed by atoms with Gasteiger partial charge in [-0.3, -0.25) is 14.4 Å². The van der Waals surface area contributed by atoms with Crippen molar-refractivity contribution >= 4 is 17.9 Å². The largest absolute Gasteiger partial charge is 0.462 e. The Morgan fingerprint density at radius 3 is 1.05 bits per heavy atom. The van der Waals surface area contributed by atoms with E-state index in [1.54, 1.807) is 0 Å². The van der Waals surface area contributed by atoms with Gasteiger partial charge in [-0.05, 0) is 77.0 Å². The first-order valence-corrected chi connectivity index (χ1v) is 24.7. The Labute approximate surface area is 380 Å². The van der Waals surface area contributed by atoms with E-state index in [2.05, 4.69) is 81.5 Å². The summed E-state index contributed by atoms with van der Waals surface area (Å²) in [5, 5.41) is 0. The van der Waals surface area contributed by atoms with Crippen molar-refractivity contribution in [2.24, 2.45) is 0 Å². The van der Waals surface area contributed by atoms with E-state index < -0.39 is 12.1 Å². The second kappa shape index (κ2) is 49.5. The van der Waals surface area contributed by atoms with Gasteiger partial charge in [0.2, 0.25) is 0 Å². The predicted octanol–water partition coefficient (Wildman–Crippen LogP) is 16.1. The smallest absolute Gasteiger partial charge is 0.306 e. The number of allylic oxidation sites excluding steroid dienone is 20. The van der Waals surface area contributed by atoms with Crippen LogP contribution in [0.2, 0.25) is 0 Å². The molecule has 1 unspecified atom stereocenters. The maximum absolute atomic E-state index is 12.7. The number of esters is 3. The van der Waals surface area contributed by atoms with Crippen LogP contribution < -0.4 is 0 Å². The van der Waals surface area contributed by atoms with Crippen LogP contribution in [0.5, 0.6) is 0 Å². The topological polar surface area (TPSA) is 78.9 Å². The molecule has 0 aromatic rings. The number of carbonyl (C=O) groups excluding carboxylic acids is 3. The minimum absolute atomic E-state index is 0.125. The first-order chi connectivity index (χ1) is 30.5. The summed E-state index contributed by atoms with van der Waals surface area (Å²) >= 11 is 0. The minimum atomic E-state index is -0.832. The zero-order valence-electron chi connectivity index (χ0n) is 39.6. The van der Waals surface area contributed by atoms with Crippen LogP contribution in [0.15, 0.2) is 122 Å². The van der Waals surface area contributed by atoms with E-state index in [0.717, 1.165) is 96.3 Å². The van der Waals surface area contributed by atoms with Gasteiger partial charge in [-0.25, -0.2) is 0 Å². The molecule has 0 N–H and O–H groups in total. The molecule has 0 aromatic heterocycles. The number of carbonyl (C=O) groups is 3. The van der Waals surface area contributed by atoms with Crippen molar-refractivity contribution in [2.75, 3.05) is 13.2 Å². The molecule has 0 aliphatic rings. The minimum Gasteiger partial charge on any atom is -0.462 e. The van der Waals surface area contributed by atoms with Gasteiger partial charge in [0.1, 0.15) is 13.2 Å². The fraction of sp³-hybridized carbons (Fsp3) is 0.589. The second-order valence-corrected chi connectivity index (χ2v) is 15.8. The van der Waals surface area contributed by atoms with Crippen LogP contribution in [0, 0.1) is 0 Å². The normalized spacial score (nSPS) is 13.1. The lowest BCUT2D eigenvalue weighted by atomic mass is 10.1. The highest BCUT2D eigenvalue weighted by molar-refractivity contribution is 5.71. The Balaban J connectivity index is 4.54. The number of unbranched alkanes of at least 4 members (excludes halogenated alkanes) is 18. The Bertz CT molecular complexity index is 1350. The molecule has 62 heavy (non-hydrogen) atoms. The van der Waals surface area contributed by atoms with E-state index in [4.69, 9.17) is 14.2 Å². The first kappa shape index (κ1) is 57.8. The summed E-state index contributed by atoms with van der Waals surface area (Å²) < 4.78 is 16.7. The van der Waals surface area contributed by atoms with E-state index in [-0.39, 0.29) is 31.6 Å². The van der Waals surface area contributed by atoms with Crippen molar-refractivity contribution in [1.29, 1.82) is 0 Å². The summed E-state index contributed by atoms with van der Waals surface area (Å²) in [7, 11) is 0. The van der Waals surface area contributed by atoms with Gasteiger partial charge in [0, 0.05) is 19.3 Å². The predicted molar refractivity (Wildman–Crippen MR) is 265 cm³/mol. The summed E-state index contributed by atoms with van der Waals surface area (Å²) in [6, 6.07) is 0. The van der Waals surface area contributed by atoms with Crippen LogP contribution in [-0.2, 0) is 28.6 Å². The molecule has 0 heterocycles. The average Bonchev–Trinajstić information content (AvgIpc) is 3.27. The molecule has 0 saturated carbocycles. The standard InChI is InChI=1S/C56H88O6/c1-4-7-10-13-16-19-22-25-26-27-28-29-32-34-37-40-43-46-49-55(58)61-52-53(62-56(59)50-47-44-41-38-35-31-24-21-18-15-12-9-6-3)51-60-54(57)48-45-42-39-36-33-30-23-20-17-14-11-8-5-2/h8-9,11-12,14-15,17-18,20-21,23-24,26-29,31,35,38,41,53H,4-7,10,13,16,19,22,25,30,32-34,36-37,39-40,42-52H2,1-3H3/b11-8+,12-9+,17-14+,18-15+,23-20+,24-21+,27-26+,29-28+,35-31+,41-38+. The third-order valence-corrected chi connectivity index (χ3v) is 9.90. The Morgan fingerprint density at radius 1 is 0.339 bits per heavy atom. The maximum Gasteiger partial charge on any atom is 0.306 e. The molecule has 0 aliphatic heterocycles. The molecule has 0 aliphatic carbocycles. The van der Waals surface area contributed by atoms with Gasteiger partial charge >= 0.3 is 17.9 Å². The fourth-order valence-corrected chi connectivity index (χ4v) is 6.23. The summed E-state index contributed by atoms with van der Waals surface area (Å²) in [5.74, 6) is -1.05. The van der Waals surface area contributed by atoms with Crippen LogP contribution in [0.3, 0.4) is 0 Å². The fourth-order valence-electron chi connectivity index (χ4n) is 6.23. The quantitative estimate of drug-likeness (QED) is 0.0263. The molecule has 1 atom stereocenters. The lowest BCUT2D eigenvalue weighted by molar-refractivity contribution is -0.167. The van der Waals surface area contributed by atoms with Crippen molar-refractivity contribution in [1.82, 2.24) is 0 Å². The number of ether oxygens (including phenoxy) is 3. The lowest BCUT2D eigenvalue weighted by Crippen LogP contribution is -2.30. The van der Waals surface area contributed by atoms with E-state index in [9.17, 15) is 14.4 Å². The highest BCUT2D eigenvalue weighted by atomic mass is 16.6. The molecule has 348 valence electrons. The summed E-state index contributed by atoms with van der Waals surface area (Å²) in [4.78, 5) is 37.9. The second-order valence-electron chi connectivity index (χ2n) is 15.8. The first-order valence-electron chi connectivity index (χ1n) is 24.7. The average molecular weight is 857 g/mol. The highest BCUT2D eigenvalue weighted by Gasteiger charge is 2.19. The van der Waals surface area contributed by atoms with Crippen LogP contribution in [0.1, 0.15) is 194 Å². The van der Waals surface area contributed by atoms with Crippen LogP contribution in [0.4, 0.5) is 0 Å². The summed E-state index contributed by atoms with van der Waals surface area (Å²) in [6.45, 7) is 6.24. The van der Waals surface area contributed by atoms with Crippen molar-refractivity contribution in [3.63, 3.8) is 0 Å². The highest BCUT2D eigenvalue weighted by Crippen LogP contribution is 2.12. The molecule has 0 rings (SSSR count). The van der Waals surface area contributed by atoms with Crippen LogP contribution >= 0.6 is 0 Å². The third-order valence-electron chi connectivity index (χ3n) is 9.90. The number of hydrogen-bond donors (Lipinski definition) is 0. The number of hydrogen-bond acceptors (Lipinski definition) is 6. The maximum atomic E-state index is 12.7. The molecule has 6 heteroatoms. The molecule has 0 saturated heterocycles. The Hall–Kier alpha value is -4.19.